The van der Waals surface area contributed by atoms with Crippen molar-refractivity contribution in [1.29, 1.82) is 0 Å². The number of amides is 4. The molecular weight excluding hydrogens is 665 g/mol. The molecule has 3 aromatic carbocycles. The number of aryl methyl sites for hydroxylation is 2. The maximum absolute atomic E-state index is 14.0. The molecule has 3 atom stereocenters. The first-order chi connectivity index (χ1) is 23.5. The predicted octanol–water partition coefficient (Wildman–Crippen LogP) is 4.76. The highest BCUT2D eigenvalue weighted by atomic mass is 35.5. The summed E-state index contributed by atoms with van der Waals surface area (Å²) in [6, 6.07) is 16.4. The van der Waals surface area contributed by atoms with Gasteiger partial charge in [0, 0.05) is 19.6 Å². The predicted molar refractivity (Wildman–Crippen MR) is 190 cm³/mol. The standard InChI is InChI=1S/C37H43Cl2N5O5/c1-23-9-11-28-19-27(23)21-41-36(47)31(12-10-24-6-3-2-4-7-24)43-37(48)32(20-34(46)44-14-5-8-25(22-44)13-15-49-28)42-33(45)18-26-16-29(38)35(40)30(39)17-26/h2-4,6-7,9,11,16-17,19,25,31-32H,5,8,10,12-15,18,20-22,40H2,1H3,(H,41,47)(H,42,45)(H,43,48)/t25?,31-,32-/m0/s1. The van der Waals surface area contributed by atoms with E-state index in [2.05, 4.69) is 16.0 Å². The normalized spacial score (nSPS) is 20.7. The largest absolute Gasteiger partial charge is 0.494 e. The number of nitrogens with one attached hydrogen (secondary N) is 3. The van der Waals surface area contributed by atoms with Crippen molar-refractivity contribution in [2.45, 2.75) is 70.5 Å². The van der Waals surface area contributed by atoms with Gasteiger partial charge in [-0.3, -0.25) is 19.2 Å². The molecule has 12 heteroatoms. The number of nitrogens with two attached hydrogens (primary N) is 1. The Bertz CT molecular complexity index is 1650. The first-order valence-electron chi connectivity index (χ1n) is 16.7. The minimum atomic E-state index is -1.23. The van der Waals surface area contributed by atoms with Gasteiger partial charge in [0.05, 0.1) is 35.2 Å². The second-order valence-corrected chi connectivity index (χ2v) is 13.7. The van der Waals surface area contributed by atoms with Crippen LogP contribution >= 0.6 is 23.2 Å². The van der Waals surface area contributed by atoms with E-state index in [1.807, 2.05) is 55.5 Å². The van der Waals surface area contributed by atoms with Gasteiger partial charge in [-0.25, -0.2) is 0 Å². The molecular formula is C37H43Cl2N5O5. The molecule has 2 aliphatic rings. The third kappa shape index (κ3) is 10.1. The summed E-state index contributed by atoms with van der Waals surface area (Å²) in [5.74, 6) is -0.802. The number of halogens is 2. The van der Waals surface area contributed by atoms with Crippen LogP contribution < -0.4 is 26.4 Å². The molecule has 0 aromatic heterocycles. The second-order valence-electron chi connectivity index (χ2n) is 12.9. The number of fused-ring (bicyclic) bond motifs is 4. The van der Waals surface area contributed by atoms with Gasteiger partial charge in [-0.1, -0.05) is 59.6 Å². The number of carbonyl (C=O) groups is 4. The first-order valence-corrected chi connectivity index (χ1v) is 17.5. The molecule has 0 radical (unpaired) electrons. The lowest BCUT2D eigenvalue weighted by atomic mass is 9.94. The Balaban J connectivity index is 1.41. The molecule has 2 heterocycles. The summed E-state index contributed by atoms with van der Waals surface area (Å²) in [6.07, 6.45) is 2.96. The SMILES string of the molecule is Cc1ccc2cc1CNC(=O)[C@H](CCc1ccccc1)NC(=O)[C@@H](NC(=O)Cc1cc(Cl)c(N)c(Cl)c1)CC(=O)N1CCCC(CCO2)C1. The summed E-state index contributed by atoms with van der Waals surface area (Å²) in [5.41, 5.74) is 9.46. The lowest BCUT2D eigenvalue weighted by molar-refractivity contribution is -0.138. The zero-order chi connectivity index (χ0) is 34.9. The van der Waals surface area contributed by atoms with Gasteiger partial charge in [0.25, 0.3) is 0 Å². The van der Waals surface area contributed by atoms with E-state index in [4.69, 9.17) is 33.7 Å². The molecule has 1 saturated heterocycles. The van der Waals surface area contributed by atoms with Crippen molar-refractivity contribution in [1.82, 2.24) is 20.9 Å². The van der Waals surface area contributed by atoms with Gasteiger partial charge in [0.1, 0.15) is 17.8 Å². The Hall–Kier alpha value is -4.28. The minimum Gasteiger partial charge on any atom is -0.494 e. The number of hydrogen-bond acceptors (Lipinski definition) is 6. The van der Waals surface area contributed by atoms with E-state index in [0.29, 0.717) is 38.1 Å². The fraction of sp³-hybridized carbons (Fsp3) is 0.405. The molecule has 49 heavy (non-hydrogen) atoms. The van der Waals surface area contributed by atoms with Crippen molar-refractivity contribution in [3.63, 3.8) is 0 Å². The molecule has 5 N–H and O–H groups in total. The van der Waals surface area contributed by atoms with Gasteiger partial charge in [-0.2, -0.15) is 0 Å². The number of nitrogen functional groups attached to an aromatic ring is 1. The summed E-state index contributed by atoms with van der Waals surface area (Å²) in [6.45, 7) is 3.80. The average molecular weight is 709 g/mol. The van der Waals surface area contributed by atoms with E-state index in [9.17, 15) is 19.2 Å². The molecule has 2 aliphatic heterocycles. The molecule has 1 unspecified atom stereocenters. The van der Waals surface area contributed by atoms with E-state index >= 15 is 0 Å². The van der Waals surface area contributed by atoms with Crippen LogP contribution in [-0.2, 0) is 38.6 Å². The molecule has 3 aromatic rings. The maximum atomic E-state index is 14.0. The average Bonchev–Trinajstić information content (AvgIpc) is 3.08. The van der Waals surface area contributed by atoms with Crippen LogP contribution in [0.5, 0.6) is 5.75 Å². The van der Waals surface area contributed by atoms with Crippen molar-refractivity contribution in [2.24, 2.45) is 5.92 Å². The van der Waals surface area contributed by atoms with Crippen LogP contribution in [0.15, 0.2) is 60.7 Å². The van der Waals surface area contributed by atoms with Crippen molar-refractivity contribution in [2.75, 3.05) is 25.4 Å². The quantitative estimate of drug-likeness (QED) is 0.272. The summed E-state index contributed by atoms with van der Waals surface area (Å²) in [5, 5.41) is 9.01. The minimum absolute atomic E-state index is 0.153. The van der Waals surface area contributed by atoms with Crippen LogP contribution in [0.3, 0.4) is 0 Å². The van der Waals surface area contributed by atoms with Crippen molar-refractivity contribution >= 4 is 52.5 Å². The van der Waals surface area contributed by atoms with E-state index in [1.165, 1.54) is 12.1 Å². The molecule has 5 rings (SSSR count). The lowest BCUT2D eigenvalue weighted by Crippen LogP contribution is -2.55. The summed E-state index contributed by atoms with van der Waals surface area (Å²) >= 11 is 12.4. The smallest absolute Gasteiger partial charge is 0.243 e. The fourth-order valence-corrected chi connectivity index (χ4v) is 6.82. The number of nitrogens with zero attached hydrogens (tertiary/aromatic N) is 1. The number of ether oxygens (including phenoxy) is 1. The second kappa shape index (κ2) is 16.9. The number of anilines is 1. The maximum Gasteiger partial charge on any atom is 0.243 e. The molecule has 0 spiro atoms. The molecule has 4 amide bonds. The van der Waals surface area contributed by atoms with Crippen LogP contribution in [0.1, 0.15) is 54.4 Å². The Morgan fingerprint density at radius 2 is 1.76 bits per heavy atom. The third-order valence-electron chi connectivity index (χ3n) is 9.17. The van der Waals surface area contributed by atoms with Crippen LogP contribution in [0.4, 0.5) is 5.69 Å². The van der Waals surface area contributed by atoms with E-state index in [0.717, 1.165) is 41.7 Å². The number of hydrogen-bond donors (Lipinski definition) is 4. The molecule has 0 saturated carbocycles. The summed E-state index contributed by atoms with van der Waals surface area (Å²) in [7, 11) is 0. The van der Waals surface area contributed by atoms with E-state index in [-0.39, 0.29) is 52.9 Å². The lowest BCUT2D eigenvalue weighted by Gasteiger charge is -2.34. The Kier molecular flexibility index (Phi) is 12.4. The highest BCUT2D eigenvalue weighted by molar-refractivity contribution is 6.38. The third-order valence-corrected chi connectivity index (χ3v) is 9.80. The monoisotopic (exact) mass is 707 g/mol. The molecule has 0 aliphatic carbocycles. The van der Waals surface area contributed by atoms with Gasteiger partial charge in [0.2, 0.25) is 23.6 Å². The van der Waals surface area contributed by atoms with Gasteiger partial charge in [-0.15, -0.1) is 0 Å². The van der Waals surface area contributed by atoms with Crippen molar-refractivity contribution in [3.05, 3.63) is 93.0 Å². The number of rotatable bonds is 6. The van der Waals surface area contributed by atoms with Crippen LogP contribution in [-0.4, -0.2) is 60.3 Å². The Morgan fingerprint density at radius 1 is 1.00 bits per heavy atom. The molecule has 4 bridgehead atoms. The van der Waals surface area contributed by atoms with Crippen molar-refractivity contribution in [3.8, 4) is 5.75 Å². The number of piperidine rings is 1. The Labute approximate surface area is 297 Å². The van der Waals surface area contributed by atoms with Crippen LogP contribution in [0, 0.1) is 12.8 Å². The summed E-state index contributed by atoms with van der Waals surface area (Å²) in [4.78, 5) is 56.4. The zero-order valence-electron chi connectivity index (χ0n) is 27.6. The van der Waals surface area contributed by atoms with Gasteiger partial charge in [-0.05, 0) is 91.5 Å². The molecule has 260 valence electrons. The first kappa shape index (κ1) is 36.0. The van der Waals surface area contributed by atoms with E-state index in [1.54, 1.807) is 4.90 Å². The fourth-order valence-electron chi connectivity index (χ4n) is 6.28. The number of carbonyl (C=O) groups excluding carboxylic acids is 4. The molecule has 10 nitrogen and oxygen atoms in total. The summed E-state index contributed by atoms with van der Waals surface area (Å²) < 4.78 is 6.10. The highest BCUT2D eigenvalue weighted by Crippen LogP contribution is 2.29. The van der Waals surface area contributed by atoms with Gasteiger partial charge >= 0.3 is 0 Å². The van der Waals surface area contributed by atoms with Crippen LogP contribution in [0.2, 0.25) is 10.0 Å². The highest BCUT2D eigenvalue weighted by Gasteiger charge is 2.32. The van der Waals surface area contributed by atoms with Gasteiger partial charge in [0.15, 0.2) is 0 Å². The molecule has 1 fully saturated rings. The van der Waals surface area contributed by atoms with Gasteiger partial charge < -0.3 is 31.3 Å². The topological polar surface area (TPSA) is 143 Å². The van der Waals surface area contributed by atoms with Crippen molar-refractivity contribution < 1.29 is 23.9 Å². The van der Waals surface area contributed by atoms with E-state index < -0.39 is 23.9 Å². The number of benzene rings is 3. The Morgan fingerprint density at radius 3 is 2.51 bits per heavy atom. The van der Waals surface area contributed by atoms with Crippen LogP contribution in [0.25, 0.3) is 0 Å². The zero-order valence-corrected chi connectivity index (χ0v) is 29.1.